The Kier molecular flexibility index (Phi) is 3.31. The Balaban J connectivity index is 1.84. The normalized spacial score (nSPS) is 13.1. The van der Waals surface area contributed by atoms with Gasteiger partial charge in [-0.25, -0.2) is 4.98 Å². The second kappa shape index (κ2) is 5.13. The van der Waals surface area contributed by atoms with Crippen molar-refractivity contribution in [2.45, 2.75) is 13.8 Å². The standard InChI is InChI=1S/C14H14N2O3S/c1-8-13(9(2)17)20-14(15-8)16-10-3-4-11-12(7-10)19-6-5-18-11/h3-4,7H,5-6H2,1-2H3,(H,15,16). The molecule has 104 valence electrons. The van der Waals surface area contributed by atoms with Gasteiger partial charge in [-0.15, -0.1) is 0 Å². The number of benzene rings is 1. The summed E-state index contributed by atoms with van der Waals surface area (Å²) in [4.78, 5) is 16.5. The Morgan fingerprint density at radius 3 is 2.75 bits per heavy atom. The maximum absolute atomic E-state index is 11.4. The van der Waals surface area contributed by atoms with E-state index in [4.69, 9.17) is 9.47 Å². The molecule has 0 fully saturated rings. The summed E-state index contributed by atoms with van der Waals surface area (Å²) < 4.78 is 11.0. The molecule has 2 aromatic rings. The van der Waals surface area contributed by atoms with Crippen LogP contribution in [0, 0.1) is 6.92 Å². The molecule has 20 heavy (non-hydrogen) atoms. The molecule has 0 unspecified atom stereocenters. The van der Waals surface area contributed by atoms with Crippen molar-refractivity contribution in [2.75, 3.05) is 18.5 Å². The van der Waals surface area contributed by atoms with Gasteiger partial charge in [0, 0.05) is 18.7 Å². The number of ketones is 1. The monoisotopic (exact) mass is 290 g/mol. The van der Waals surface area contributed by atoms with Crippen molar-refractivity contribution >= 4 is 27.9 Å². The number of carbonyl (C=O) groups is 1. The fraction of sp³-hybridized carbons (Fsp3) is 0.286. The smallest absolute Gasteiger partial charge is 0.188 e. The first-order valence-corrected chi connectivity index (χ1v) is 7.10. The van der Waals surface area contributed by atoms with Gasteiger partial charge in [0.2, 0.25) is 0 Å². The predicted octanol–water partition coefficient (Wildman–Crippen LogP) is 3.17. The zero-order valence-electron chi connectivity index (χ0n) is 11.2. The molecule has 1 aliphatic rings. The van der Waals surface area contributed by atoms with Crippen LogP contribution < -0.4 is 14.8 Å². The van der Waals surface area contributed by atoms with Crippen molar-refractivity contribution in [1.82, 2.24) is 4.98 Å². The van der Waals surface area contributed by atoms with Gasteiger partial charge in [-0.2, -0.15) is 0 Å². The second-order valence-corrected chi connectivity index (χ2v) is 5.47. The fourth-order valence-corrected chi connectivity index (χ4v) is 2.90. The zero-order chi connectivity index (χ0) is 14.1. The minimum Gasteiger partial charge on any atom is -0.486 e. The van der Waals surface area contributed by atoms with Crippen molar-refractivity contribution < 1.29 is 14.3 Å². The molecule has 0 spiro atoms. The molecule has 0 aliphatic carbocycles. The number of carbonyl (C=O) groups excluding carboxylic acids is 1. The molecule has 1 aromatic carbocycles. The molecule has 2 heterocycles. The van der Waals surface area contributed by atoms with E-state index in [0.717, 1.165) is 22.9 Å². The highest BCUT2D eigenvalue weighted by atomic mass is 32.1. The maximum atomic E-state index is 11.4. The van der Waals surface area contributed by atoms with Crippen LogP contribution in [0.1, 0.15) is 22.3 Å². The molecule has 3 rings (SSSR count). The highest BCUT2D eigenvalue weighted by Crippen LogP contribution is 2.34. The quantitative estimate of drug-likeness (QED) is 0.880. The molecule has 6 heteroatoms. The number of thiazole rings is 1. The van der Waals surface area contributed by atoms with E-state index in [1.54, 1.807) is 6.92 Å². The van der Waals surface area contributed by atoms with Gasteiger partial charge >= 0.3 is 0 Å². The fourth-order valence-electron chi connectivity index (χ4n) is 2.02. The summed E-state index contributed by atoms with van der Waals surface area (Å²) >= 11 is 1.36. The van der Waals surface area contributed by atoms with Gasteiger partial charge in [-0.05, 0) is 19.1 Å². The Labute approximate surface area is 120 Å². The number of rotatable bonds is 3. The number of hydrogen-bond acceptors (Lipinski definition) is 6. The lowest BCUT2D eigenvalue weighted by atomic mass is 10.2. The SMILES string of the molecule is CC(=O)c1sc(Nc2ccc3c(c2)OCCO3)nc1C. The molecule has 1 aliphatic heterocycles. The van der Waals surface area contributed by atoms with Gasteiger partial charge in [-0.3, -0.25) is 4.79 Å². The molecule has 0 bridgehead atoms. The van der Waals surface area contributed by atoms with E-state index in [9.17, 15) is 4.79 Å². The first-order chi connectivity index (χ1) is 9.63. The molecule has 0 saturated carbocycles. The number of anilines is 2. The summed E-state index contributed by atoms with van der Waals surface area (Å²) in [6, 6.07) is 5.64. The van der Waals surface area contributed by atoms with E-state index in [-0.39, 0.29) is 5.78 Å². The number of ether oxygens (including phenoxy) is 2. The zero-order valence-corrected chi connectivity index (χ0v) is 12.0. The van der Waals surface area contributed by atoms with Crippen molar-refractivity contribution in [1.29, 1.82) is 0 Å². The minimum atomic E-state index is 0.0372. The third-order valence-corrected chi connectivity index (χ3v) is 4.08. The van der Waals surface area contributed by atoms with Crippen LogP contribution >= 0.6 is 11.3 Å². The van der Waals surface area contributed by atoms with Crippen molar-refractivity contribution in [2.24, 2.45) is 0 Å². The number of aromatic nitrogens is 1. The lowest BCUT2D eigenvalue weighted by molar-refractivity contribution is 0.102. The van der Waals surface area contributed by atoms with E-state index in [0.29, 0.717) is 23.2 Å². The molecular formula is C14H14N2O3S. The van der Waals surface area contributed by atoms with E-state index < -0.39 is 0 Å². The Bertz CT molecular complexity index is 666. The Hall–Kier alpha value is -2.08. The first kappa shape index (κ1) is 12.9. The van der Waals surface area contributed by atoms with E-state index >= 15 is 0 Å². The first-order valence-electron chi connectivity index (χ1n) is 6.28. The number of fused-ring (bicyclic) bond motifs is 1. The molecule has 1 aromatic heterocycles. The number of aryl methyl sites for hydroxylation is 1. The highest BCUT2D eigenvalue weighted by molar-refractivity contribution is 7.17. The average Bonchev–Trinajstić information content (AvgIpc) is 2.79. The molecular weight excluding hydrogens is 276 g/mol. The summed E-state index contributed by atoms with van der Waals surface area (Å²) in [5.41, 5.74) is 1.61. The molecule has 0 saturated heterocycles. The van der Waals surface area contributed by atoms with Crippen LogP contribution in [0.25, 0.3) is 0 Å². The lowest BCUT2D eigenvalue weighted by Crippen LogP contribution is -2.15. The van der Waals surface area contributed by atoms with Crippen molar-refractivity contribution in [3.05, 3.63) is 28.8 Å². The third kappa shape index (κ3) is 2.46. The van der Waals surface area contributed by atoms with Crippen LogP contribution in [0.2, 0.25) is 0 Å². The average molecular weight is 290 g/mol. The van der Waals surface area contributed by atoms with Gasteiger partial charge in [-0.1, -0.05) is 11.3 Å². The second-order valence-electron chi connectivity index (χ2n) is 4.47. The summed E-state index contributed by atoms with van der Waals surface area (Å²) in [7, 11) is 0. The predicted molar refractivity (Wildman–Crippen MR) is 77.6 cm³/mol. The largest absolute Gasteiger partial charge is 0.486 e. The molecule has 1 N–H and O–H groups in total. The number of nitrogens with zero attached hydrogens (tertiary/aromatic N) is 1. The highest BCUT2D eigenvalue weighted by Gasteiger charge is 2.14. The maximum Gasteiger partial charge on any atom is 0.188 e. The van der Waals surface area contributed by atoms with Crippen LogP contribution in [0.15, 0.2) is 18.2 Å². The summed E-state index contributed by atoms with van der Waals surface area (Å²) in [6.07, 6.45) is 0. The van der Waals surface area contributed by atoms with Gasteiger partial charge in [0.05, 0.1) is 10.6 Å². The molecule has 0 atom stereocenters. The lowest BCUT2D eigenvalue weighted by Gasteiger charge is -2.18. The molecule has 0 amide bonds. The topological polar surface area (TPSA) is 60.5 Å². The number of nitrogens with one attached hydrogen (secondary N) is 1. The van der Waals surface area contributed by atoms with Crippen LogP contribution in [-0.2, 0) is 0 Å². The van der Waals surface area contributed by atoms with Crippen molar-refractivity contribution in [3.63, 3.8) is 0 Å². The number of Topliss-reactive ketones (excluding diaryl/α,β-unsaturated/α-hetero) is 1. The van der Waals surface area contributed by atoms with Gasteiger partial charge in [0.25, 0.3) is 0 Å². The van der Waals surface area contributed by atoms with E-state index in [1.807, 2.05) is 25.1 Å². The summed E-state index contributed by atoms with van der Waals surface area (Å²) in [5, 5.41) is 3.89. The third-order valence-electron chi connectivity index (χ3n) is 2.91. The van der Waals surface area contributed by atoms with E-state index in [2.05, 4.69) is 10.3 Å². The molecule has 5 nitrogen and oxygen atoms in total. The molecule has 0 radical (unpaired) electrons. The van der Waals surface area contributed by atoms with Crippen LogP contribution in [0.4, 0.5) is 10.8 Å². The van der Waals surface area contributed by atoms with Crippen LogP contribution in [-0.4, -0.2) is 24.0 Å². The van der Waals surface area contributed by atoms with Crippen LogP contribution in [0.3, 0.4) is 0 Å². The Morgan fingerprint density at radius 1 is 1.30 bits per heavy atom. The van der Waals surface area contributed by atoms with Gasteiger partial charge in [0.1, 0.15) is 13.2 Å². The summed E-state index contributed by atoms with van der Waals surface area (Å²) in [6.45, 7) is 4.52. The van der Waals surface area contributed by atoms with Crippen LogP contribution in [0.5, 0.6) is 11.5 Å². The summed E-state index contributed by atoms with van der Waals surface area (Å²) in [5.74, 6) is 1.51. The minimum absolute atomic E-state index is 0.0372. The van der Waals surface area contributed by atoms with Gasteiger partial charge < -0.3 is 14.8 Å². The van der Waals surface area contributed by atoms with E-state index in [1.165, 1.54) is 11.3 Å². The Morgan fingerprint density at radius 2 is 2.05 bits per heavy atom. The van der Waals surface area contributed by atoms with Crippen molar-refractivity contribution in [3.8, 4) is 11.5 Å². The van der Waals surface area contributed by atoms with Gasteiger partial charge in [0.15, 0.2) is 22.4 Å². The number of hydrogen-bond donors (Lipinski definition) is 1.